The zero-order chi connectivity index (χ0) is 18.4. The Kier molecular flexibility index (Phi) is 4.14. The van der Waals surface area contributed by atoms with Gasteiger partial charge in [-0.25, -0.2) is 4.98 Å². The van der Waals surface area contributed by atoms with Crippen LogP contribution < -0.4 is 10.1 Å². The van der Waals surface area contributed by atoms with E-state index in [0.717, 1.165) is 53.2 Å². The van der Waals surface area contributed by atoms with Gasteiger partial charge in [-0.3, -0.25) is 4.90 Å². The Morgan fingerprint density at radius 1 is 1.11 bits per heavy atom. The molecular formula is C22H25N3O2. The van der Waals surface area contributed by atoms with E-state index in [0.29, 0.717) is 18.0 Å². The summed E-state index contributed by atoms with van der Waals surface area (Å²) < 4.78 is 11.6. The van der Waals surface area contributed by atoms with Crippen LogP contribution in [-0.4, -0.2) is 42.2 Å². The lowest BCUT2D eigenvalue weighted by Crippen LogP contribution is -2.51. The number of nitrogens with zero attached hydrogens (tertiary/aromatic N) is 2. The van der Waals surface area contributed by atoms with Crippen LogP contribution >= 0.6 is 0 Å². The molecular weight excluding hydrogens is 338 g/mol. The fraction of sp³-hybridized carbons (Fsp3) is 0.409. The maximum Gasteiger partial charge on any atom is 0.227 e. The predicted molar refractivity (Wildman–Crippen MR) is 106 cm³/mol. The number of hydrogen-bond acceptors (Lipinski definition) is 5. The van der Waals surface area contributed by atoms with Crippen LogP contribution in [0.15, 0.2) is 40.8 Å². The first-order valence-corrected chi connectivity index (χ1v) is 9.73. The van der Waals surface area contributed by atoms with Crippen molar-refractivity contribution in [1.82, 2.24) is 15.2 Å². The molecule has 140 valence electrons. The van der Waals surface area contributed by atoms with Crippen LogP contribution in [0.2, 0.25) is 0 Å². The van der Waals surface area contributed by atoms with E-state index in [2.05, 4.69) is 22.3 Å². The number of fused-ring (bicyclic) bond motifs is 3. The summed E-state index contributed by atoms with van der Waals surface area (Å²) in [7, 11) is 1.70. The van der Waals surface area contributed by atoms with Crippen LogP contribution in [0.1, 0.15) is 24.3 Å². The minimum Gasteiger partial charge on any atom is -0.496 e. The Bertz CT molecular complexity index is 965. The highest BCUT2D eigenvalue weighted by atomic mass is 16.5. The lowest BCUT2D eigenvalue weighted by molar-refractivity contribution is 0.143. The van der Waals surface area contributed by atoms with Crippen LogP contribution in [0.5, 0.6) is 5.75 Å². The minimum absolute atomic E-state index is 0.630. The van der Waals surface area contributed by atoms with Gasteiger partial charge in [0.05, 0.1) is 12.8 Å². The first-order chi connectivity index (χ1) is 13.2. The van der Waals surface area contributed by atoms with E-state index in [-0.39, 0.29) is 0 Å². The zero-order valence-electron chi connectivity index (χ0n) is 15.9. The first-order valence-electron chi connectivity index (χ1n) is 9.73. The molecule has 2 aromatic carbocycles. The summed E-state index contributed by atoms with van der Waals surface area (Å²) in [5.41, 5.74) is 2.08. The highest BCUT2D eigenvalue weighted by molar-refractivity contribution is 5.98. The van der Waals surface area contributed by atoms with Gasteiger partial charge in [-0.2, -0.15) is 0 Å². The number of ether oxygens (including phenoxy) is 1. The zero-order valence-corrected chi connectivity index (χ0v) is 15.9. The van der Waals surface area contributed by atoms with Crippen LogP contribution in [0, 0.1) is 6.92 Å². The van der Waals surface area contributed by atoms with Crippen molar-refractivity contribution in [3.63, 3.8) is 0 Å². The van der Waals surface area contributed by atoms with E-state index in [9.17, 15) is 0 Å². The Labute approximate surface area is 159 Å². The summed E-state index contributed by atoms with van der Waals surface area (Å²) >= 11 is 0. The van der Waals surface area contributed by atoms with E-state index in [1.807, 2.05) is 31.2 Å². The number of methoxy groups -OCH3 is 1. The van der Waals surface area contributed by atoms with Crippen molar-refractivity contribution < 1.29 is 9.15 Å². The molecule has 0 unspecified atom stereocenters. The standard InChI is InChI=1S/C22H25N3O2/c1-14-20(13-25-15-7-8-16(25)12-23-11-15)24-22(27-14)19-9-10-21(26-2)18-6-4-3-5-17(18)19/h3-6,9-10,15-16,23H,7-8,11-13H2,1-2H3/t15-,16+. The van der Waals surface area contributed by atoms with Crippen molar-refractivity contribution in [2.75, 3.05) is 20.2 Å². The van der Waals surface area contributed by atoms with E-state index in [1.165, 1.54) is 12.8 Å². The summed E-state index contributed by atoms with van der Waals surface area (Å²) in [6.07, 6.45) is 2.56. The highest BCUT2D eigenvalue weighted by Gasteiger charge is 2.37. The number of aryl methyl sites for hydroxylation is 1. The summed E-state index contributed by atoms with van der Waals surface area (Å²) in [6.45, 7) is 5.08. The normalized spacial score (nSPS) is 22.4. The SMILES string of the molecule is COc1ccc(-c2nc(CN3[C@@H]4CC[C@H]3CNC4)c(C)o2)c2ccccc12. The van der Waals surface area contributed by atoms with Gasteiger partial charge in [0.1, 0.15) is 11.5 Å². The molecule has 2 aliphatic heterocycles. The quantitative estimate of drug-likeness (QED) is 0.765. The molecule has 0 amide bonds. The third-order valence-electron chi connectivity index (χ3n) is 6.09. The van der Waals surface area contributed by atoms with E-state index >= 15 is 0 Å². The fourth-order valence-corrected chi connectivity index (χ4v) is 4.63. The molecule has 2 atom stereocenters. The molecule has 2 saturated heterocycles. The molecule has 0 aliphatic carbocycles. The third-order valence-corrected chi connectivity index (χ3v) is 6.09. The third kappa shape index (κ3) is 2.82. The van der Waals surface area contributed by atoms with Gasteiger partial charge >= 0.3 is 0 Å². The summed E-state index contributed by atoms with van der Waals surface area (Å²) in [6, 6.07) is 13.5. The lowest BCUT2D eigenvalue weighted by Gasteiger charge is -2.34. The van der Waals surface area contributed by atoms with E-state index in [4.69, 9.17) is 14.1 Å². The minimum atomic E-state index is 0.630. The molecule has 27 heavy (non-hydrogen) atoms. The molecule has 5 heteroatoms. The van der Waals surface area contributed by atoms with Crippen LogP contribution in [-0.2, 0) is 6.54 Å². The number of aromatic nitrogens is 1. The van der Waals surface area contributed by atoms with Crippen LogP contribution in [0.3, 0.4) is 0 Å². The molecule has 5 rings (SSSR count). The second-order valence-corrected chi connectivity index (χ2v) is 7.60. The summed E-state index contributed by atoms with van der Waals surface area (Å²) in [5, 5.41) is 5.72. The van der Waals surface area contributed by atoms with Gasteiger partial charge in [-0.1, -0.05) is 24.3 Å². The van der Waals surface area contributed by atoms with Gasteiger partial charge in [-0.15, -0.1) is 0 Å². The van der Waals surface area contributed by atoms with E-state index < -0.39 is 0 Å². The van der Waals surface area contributed by atoms with Crippen molar-refractivity contribution in [2.24, 2.45) is 0 Å². The van der Waals surface area contributed by atoms with E-state index in [1.54, 1.807) is 7.11 Å². The highest BCUT2D eigenvalue weighted by Crippen LogP contribution is 2.35. The van der Waals surface area contributed by atoms with Crippen molar-refractivity contribution in [3.05, 3.63) is 47.9 Å². The Morgan fingerprint density at radius 2 is 1.85 bits per heavy atom. The fourth-order valence-electron chi connectivity index (χ4n) is 4.63. The Balaban J connectivity index is 1.51. The molecule has 3 heterocycles. The molecule has 2 fully saturated rings. The van der Waals surface area contributed by atoms with Gasteiger partial charge in [0.15, 0.2) is 0 Å². The topological polar surface area (TPSA) is 50.5 Å². The second-order valence-electron chi connectivity index (χ2n) is 7.60. The molecule has 1 aromatic heterocycles. The van der Waals surface area contributed by atoms with Crippen molar-refractivity contribution in [1.29, 1.82) is 0 Å². The van der Waals surface area contributed by atoms with Crippen LogP contribution in [0.4, 0.5) is 0 Å². The monoisotopic (exact) mass is 363 g/mol. The molecule has 0 spiro atoms. The Hall–Kier alpha value is -2.37. The lowest BCUT2D eigenvalue weighted by atomic mass is 10.0. The largest absolute Gasteiger partial charge is 0.496 e. The molecule has 1 N–H and O–H groups in total. The number of rotatable bonds is 4. The van der Waals surface area contributed by atoms with Gasteiger partial charge in [0, 0.05) is 42.7 Å². The van der Waals surface area contributed by atoms with Crippen LogP contribution in [0.25, 0.3) is 22.2 Å². The molecule has 3 aromatic rings. The molecule has 5 nitrogen and oxygen atoms in total. The number of piperazine rings is 1. The summed E-state index contributed by atoms with van der Waals surface area (Å²) in [4.78, 5) is 7.52. The van der Waals surface area contributed by atoms with Gasteiger partial charge in [0.25, 0.3) is 0 Å². The van der Waals surface area contributed by atoms with Crippen molar-refractivity contribution >= 4 is 10.8 Å². The van der Waals surface area contributed by atoms with Gasteiger partial charge < -0.3 is 14.5 Å². The summed E-state index contributed by atoms with van der Waals surface area (Å²) in [5.74, 6) is 2.49. The molecule has 2 aliphatic rings. The number of hydrogen-bond donors (Lipinski definition) is 1. The van der Waals surface area contributed by atoms with Gasteiger partial charge in [-0.05, 0) is 37.3 Å². The predicted octanol–water partition coefficient (Wildman–Crippen LogP) is 3.75. The average Bonchev–Trinajstić information content (AvgIpc) is 3.15. The average molecular weight is 363 g/mol. The number of nitrogens with one attached hydrogen (secondary N) is 1. The van der Waals surface area contributed by atoms with Crippen molar-refractivity contribution in [3.8, 4) is 17.2 Å². The van der Waals surface area contributed by atoms with Crippen molar-refractivity contribution in [2.45, 2.75) is 38.4 Å². The Morgan fingerprint density at radius 3 is 2.59 bits per heavy atom. The smallest absolute Gasteiger partial charge is 0.227 e. The maximum absolute atomic E-state index is 6.12. The van der Waals surface area contributed by atoms with Gasteiger partial charge in [0.2, 0.25) is 5.89 Å². The molecule has 0 radical (unpaired) electrons. The molecule has 0 saturated carbocycles. The molecule has 2 bridgehead atoms. The first kappa shape index (κ1) is 16.8. The number of oxazole rings is 1. The second kappa shape index (κ2) is 6.66. The number of benzene rings is 2. The maximum atomic E-state index is 6.12.